The number of fused-ring (bicyclic) bond motifs is 1. The van der Waals surface area contributed by atoms with E-state index in [1.165, 1.54) is 42.3 Å². The molecule has 1 aromatic heterocycles. The van der Waals surface area contributed by atoms with Gasteiger partial charge in [-0.15, -0.1) is 11.3 Å². The number of nitro groups is 1. The fraction of sp³-hybridized carbons (Fsp3) is 0.276. The van der Waals surface area contributed by atoms with Crippen molar-refractivity contribution in [3.63, 3.8) is 0 Å². The summed E-state index contributed by atoms with van der Waals surface area (Å²) < 4.78 is 7.04. The summed E-state index contributed by atoms with van der Waals surface area (Å²) in [6.07, 6.45) is 1.93. The fourth-order valence-electron chi connectivity index (χ4n) is 4.62. The summed E-state index contributed by atoms with van der Waals surface area (Å²) in [5.41, 5.74) is 2.86. The summed E-state index contributed by atoms with van der Waals surface area (Å²) in [7, 11) is 1.53. The Balaban J connectivity index is 1.29. The van der Waals surface area contributed by atoms with Crippen LogP contribution >= 0.6 is 23.1 Å². The van der Waals surface area contributed by atoms with Crippen molar-refractivity contribution < 1.29 is 19.2 Å². The maximum Gasteiger partial charge on any atom is 0.270 e. The van der Waals surface area contributed by atoms with E-state index in [9.17, 15) is 19.7 Å². The van der Waals surface area contributed by atoms with Gasteiger partial charge in [-0.2, -0.15) is 0 Å². The first-order valence-corrected chi connectivity index (χ1v) is 14.7. The van der Waals surface area contributed by atoms with Crippen LogP contribution in [0.4, 0.5) is 11.4 Å². The zero-order valence-corrected chi connectivity index (χ0v) is 23.7. The summed E-state index contributed by atoms with van der Waals surface area (Å²) in [5, 5.41) is 14.1. The molecule has 2 heterocycles. The number of likely N-dealkylation sites (tertiary alicyclic amines) is 1. The van der Waals surface area contributed by atoms with Crippen LogP contribution in [-0.4, -0.2) is 46.8 Å². The number of methoxy groups -OCH3 is 1. The average Bonchev–Trinajstić information content (AvgIpc) is 3.38. The Morgan fingerprint density at radius 3 is 2.60 bits per heavy atom. The largest absolute Gasteiger partial charge is 0.496 e. The van der Waals surface area contributed by atoms with E-state index in [-0.39, 0.29) is 17.5 Å². The van der Waals surface area contributed by atoms with E-state index in [2.05, 4.69) is 17.2 Å². The molecule has 0 bridgehead atoms. The molecule has 1 N–H and O–H groups in total. The number of non-ortho nitro benzene ring substituents is 1. The normalized spacial score (nSPS) is 13.8. The van der Waals surface area contributed by atoms with Gasteiger partial charge in [0, 0.05) is 42.2 Å². The number of aromatic nitrogens is 1. The average molecular weight is 577 g/mol. The number of nitro benzene ring substituents is 1. The van der Waals surface area contributed by atoms with Crippen LogP contribution in [0.1, 0.15) is 46.0 Å². The van der Waals surface area contributed by atoms with Crippen molar-refractivity contribution in [2.45, 2.75) is 29.9 Å². The molecular weight excluding hydrogens is 548 g/mol. The number of amides is 2. The second-order valence-corrected chi connectivity index (χ2v) is 11.9. The minimum atomic E-state index is -0.427. The molecule has 0 aliphatic carbocycles. The van der Waals surface area contributed by atoms with E-state index >= 15 is 0 Å². The number of nitrogens with zero attached hydrogens (tertiary/aromatic N) is 3. The van der Waals surface area contributed by atoms with Gasteiger partial charge >= 0.3 is 0 Å². The summed E-state index contributed by atoms with van der Waals surface area (Å²) in [5.74, 6) is 1.18. The van der Waals surface area contributed by atoms with Crippen LogP contribution in [0.5, 0.6) is 5.75 Å². The SMILES string of the molecule is COc1ccc([N+](=O)[O-])cc1CSc1nc2ccc(NC(=O)c3ccccc3C(=O)N3CCC(C)CC3)cc2s1. The molecule has 0 atom stereocenters. The molecule has 1 aliphatic heterocycles. The molecule has 0 radical (unpaired) electrons. The lowest BCUT2D eigenvalue weighted by atomic mass is 9.97. The molecule has 2 amide bonds. The number of ether oxygens (including phenoxy) is 1. The molecule has 9 nitrogen and oxygen atoms in total. The Kier molecular flexibility index (Phi) is 8.32. The van der Waals surface area contributed by atoms with Crippen molar-refractivity contribution in [1.82, 2.24) is 9.88 Å². The molecule has 206 valence electrons. The molecule has 1 fully saturated rings. The van der Waals surface area contributed by atoms with Gasteiger partial charge < -0.3 is 15.0 Å². The second kappa shape index (κ2) is 12.1. The number of hydrogen-bond acceptors (Lipinski definition) is 8. The molecule has 0 spiro atoms. The van der Waals surface area contributed by atoms with E-state index in [1.807, 2.05) is 17.0 Å². The van der Waals surface area contributed by atoms with E-state index in [4.69, 9.17) is 4.74 Å². The number of carbonyl (C=O) groups excluding carboxylic acids is 2. The highest BCUT2D eigenvalue weighted by atomic mass is 32.2. The molecule has 5 rings (SSSR count). The summed E-state index contributed by atoms with van der Waals surface area (Å²) in [6.45, 7) is 3.60. The fourth-order valence-corrected chi connectivity index (χ4v) is 6.71. The molecule has 11 heteroatoms. The summed E-state index contributed by atoms with van der Waals surface area (Å²) in [4.78, 5) is 43.7. The van der Waals surface area contributed by atoms with Crippen molar-refractivity contribution in [3.05, 3.63) is 87.5 Å². The van der Waals surface area contributed by atoms with Gasteiger partial charge in [0.25, 0.3) is 17.5 Å². The third kappa shape index (κ3) is 6.10. The molecular formula is C29H28N4O5S2. The highest BCUT2D eigenvalue weighted by Gasteiger charge is 2.25. The van der Waals surface area contributed by atoms with Gasteiger partial charge in [0.15, 0.2) is 4.34 Å². The minimum absolute atomic E-state index is 0.00915. The van der Waals surface area contributed by atoms with Crippen molar-refractivity contribution in [2.24, 2.45) is 5.92 Å². The number of hydrogen-bond donors (Lipinski definition) is 1. The maximum absolute atomic E-state index is 13.3. The number of rotatable bonds is 8. The first kappa shape index (κ1) is 27.6. The molecule has 1 aliphatic rings. The van der Waals surface area contributed by atoms with Gasteiger partial charge in [0.1, 0.15) is 5.75 Å². The number of thiazole rings is 1. The van der Waals surface area contributed by atoms with Gasteiger partial charge in [0.2, 0.25) is 0 Å². The number of piperidine rings is 1. The van der Waals surface area contributed by atoms with Gasteiger partial charge in [-0.05, 0) is 55.2 Å². The number of nitrogens with one attached hydrogen (secondary N) is 1. The lowest BCUT2D eigenvalue weighted by molar-refractivity contribution is -0.384. The first-order valence-electron chi connectivity index (χ1n) is 12.9. The Morgan fingerprint density at radius 1 is 1.12 bits per heavy atom. The van der Waals surface area contributed by atoms with Crippen LogP contribution in [0.15, 0.2) is 65.0 Å². The lowest BCUT2D eigenvalue weighted by Crippen LogP contribution is -2.38. The number of anilines is 1. The van der Waals surface area contributed by atoms with Crippen LogP contribution in [0.2, 0.25) is 0 Å². The Labute approximate surface area is 239 Å². The van der Waals surface area contributed by atoms with Crippen LogP contribution in [0.25, 0.3) is 10.2 Å². The van der Waals surface area contributed by atoms with E-state index < -0.39 is 4.92 Å². The number of benzene rings is 3. The van der Waals surface area contributed by atoms with Gasteiger partial charge in [-0.25, -0.2) is 4.98 Å². The predicted molar refractivity (Wildman–Crippen MR) is 158 cm³/mol. The molecule has 4 aromatic rings. The minimum Gasteiger partial charge on any atom is -0.496 e. The lowest BCUT2D eigenvalue weighted by Gasteiger charge is -2.30. The van der Waals surface area contributed by atoms with Crippen LogP contribution in [0.3, 0.4) is 0 Å². The van der Waals surface area contributed by atoms with Crippen molar-refractivity contribution in [2.75, 3.05) is 25.5 Å². The maximum atomic E-state index is 13.3. The zero-order chi connectivity index (χ0) is 28.2. The molecule has 0 unspecified atom stereocenters. The Morgan fingerprint density at radius 2 is 1.88 bits per heavy atom. The predicted octanol–water partition coefficient (Wildman–Crippen LogP) is 6.63. The molecule has 40 heavy (non-hydrogen) atoms. The quantitative estimate of drug-likeness (QED) is 0.142. The van der Waals surface area contributed by atoms with E-state index in [1.54, 1.807) is 36.4 Å². The third-order valence-corrected chi connectivity index (χ3v) is 9.14. The summed E-state index contributed by atoms with van der Waals surface area (Å²) >= 11 is 2.93. The third-order valence-electron chi connectivity index (χ3n) is 6.93. The van der Waals surface area contributed by atoms with Crippen molar-refractivity contribution >= 4 is 56.5 Å². The topological polar surface area (TPSA) is 115 Å². The molecule has 1 saturated heterocycles. The molecule has 0 saturated carbocycles. The van der Waals surface area contributed by atoms with Crippen LogP contribution < -0.4 is 10.1 Å². The Hall–Kier alpha value is -3.96. The smallest absolute Gasteiger partial charge is 0.270 e. The van der Waals surface area contributed by atoms with Crippen molar-refractivity contribution in [1.29, 1.82) is 0 Å². The van der Waals surface area contributed by atoms with Crippen LogP contribution in [-0.2, 0) is 5.75 Å². The van der Waals surface area contributed by atoms with Crippen molar-refractivity contribution in [3.8, 4) is 5.75 Å². The highest BCUT2D eigenvalue weighted by Crippen LogP contribution is 2.35. The second-order valence-electron chi connectivity index (χ2n) is 9.68. The van der Waals surface area contributed by atoms with Gasteiger partial charge in [-0.3, -0.25) is 19.7 Å². The van der Waals surface area contributed by atoms with Crippen LogP contribution in [0, 0.1) is 16.0 Å². The summed E-state index contributed by atoms with van der Waals surface area (Å²) in [6, 6.07) is 16.9. The standard InChI is InChI=1S/C29H28N4O5S2/c1-18-11-13-32(14-12-18)28(35)23-6-4-3-5-22(23)27(34)30-20-7-9-24-26(16-20)40-29(31-24)39-17-19-15-21(33(36)37)8-10-25(19)38-2/h3-10,15-16,18H,11-14,17H2,1-2H3,(H,30,34). The Bertz CT molecular complexity index is 1580. The van der Waals surface area contributed by atoms with Gasteiger partial charge in [-0.1, -0.05) is 30.8 Å². The highest BCUT2D eigenvalue weighted by molar-refractivity contribution is 8.00. The first-order chi connectivity index (χ1) is 19.3. The molecule has 3 aromatic carbocycles. The zero-order valence-electron chi connectivity index (χ0n) is 22.1. The number of carbonyl (C=O) groups is 2. The van der Waals surface area contributed by atoms with Gasteiger partial charge in [0.05, 0.1) is 33.4 Å². The number of thioether (sulfide) groups is 1. The monoisotopic (exact) mass is 576 g/mol. The van der Waals surface area contributed by atoms with E-state index in [0.29, 0.717) is 52.9 Å². The van der Waals surface area contributed by atoms with E-state index in [0.717, 1.165) is 27.4 Å².